The summed E-state index contributed by atoms with van der Waals surface area (Å²) in [7, 11) is -1.26. The van der Waals surface area contributed by atoms with Gasteiger partial charge in [-0.25, -0.2) is 9.19 Å². The molecule has 2 heterocycles. The van der Waals surface area contributed by atoms with Crippen molar-refractivity contribution in [2.75, 3.05) is 4.90 Å². The molecule has 4 rings (SSSR count). The van der Waals surface area contributed by atoms with E-state index in [2.05, 4.69) is 4.98 Å². The lowest BCUT2D eigenvalue weighted by Crippen LogP contribution is -2.30. The average Bonchev–Trinajstić information content (AvgIpc) is 3.16. The number of benzene rings is 2. The molecule has 1 amide bonds. The minimum atomic E-state index is -1.26. The van der Waals surface area contributed by atoms with E-state index >= 15 is 0 Å². The molecule has 0 saturated heterocycles. The number of anilines is 2. The number of hydrogen-bond donors (Lipinski definition) is 0. The quantitative estimate of drug-likeness (QED) is 0.723. The van der Waals surface area contributed by atoms with Crippen molar-refractivity contribution in [2.24, 2.45) is 0 Å². The molecule has 0 radical (unpaired) electrons. The molecule has 3 aromatic rings. The number of rotatable bonds is 4. The highest BCUT2D eigenvalue weighted by Crippen LogP contribution is 2.42. The highest BCUT2D eigenvalue weighted by molar-refractivity contribution is 7.85. The van der Waals surface area contributed by atoms with Crippen molar-refractivity contribution in [3.63, 3.8) is 0 Å². The summed E-state index contributed by atoms with van der Waals surface area (Å²) in [5.41, 5.74) is 1.43. The Morgan fingerprint density at radius 1 is 1.00 bits per heavy atom. The number of aromatic nitrogens is 2. The Balaban J connectivity index is 1.63. The van der Waals surface area contributed by atoms with Crippen molar-refractivity contribution in [3.8, 4) is 0 Å². The van der Waals surface area contributed by atoms with E-state index in [0.717, 1.165) is 13.0 Å². The van der Waals surface area contributed by atoms with Gasteiger partial charge in [0, 0.05) is 25.4 Å². The summed E-state index contributed by atoms with van der Waals surface area (Å²) < 4.78 is 14.8. The number of para-hydroxylation sites is 2. The average molecular weight is 351 g/mol. The van der Waals surface area contributed by atoms with Crippen molar-refractivity contribution in [1.29, 1.82) is 0 Å². The number of hydrogen-bond acceptors (Lipinski definition) is 3. The number of aryl methyl sites for hydroxylation is 1. The van der Waals surface area contributed by atoms with Gasteiger partial charge >= 0.3 is 0 Å². The maximum absolute atomic E-state index is 13.0. The normalized spacial score (nSPS) is 13.4. The SMILES string of the molecule is O=C(CCCn1ccnc1)N1c2ccccc2S(=O)c2ccccc21. The molecule has 0 saturated carbocycles. The Morgan fingerprint density at radius 2 is 1.64 bits per heavy atom. The molecule has 25 heavy (non-hydrogen) atoms. The molecule has 0 unspecified atom stereocenters. The van der Waals surface area contributed by atoms with Crippen molar-refractivity contribution in [2.45, 2.75) is 29.2 Å². The first-order valence-corrected chi connectivity index (χ1v) is 9.29. The van der Waals surface area contributed by atoms with E-state index in [1.165, 1.54) is 0 Å². The molecular weight excluding hydrogens is 334 g/mol. The summed E-state index contributed by atoms with van der Waals surface area (Å²) in [6, 6.07) is 14.8. The van der Waals surface area contributed by atoms with Crippen molar-refractivity contribution >= 4 is 28.1 Å². The first kappa shape index (κ1) is 15.8. The maximum Gasteiger partial charge on any atom is 0.231 e. The monoisotopic (exact) mass is 351 g/mol. The maximum atomic E-state index is 13.0. The number of amides is 1. The van der Waals surface area contributed by atoms with E-state index < -0.39 is 10.8 Å². The molecule has 2 aromatic carbocycles. The fourth-order valence-electron chi connectivity index (χ4n) is 3.06. The molecule has 1 aliphatic heterocycles. The van der Waals surface area contributed by atoms with Gasteiger partial charge < -0.3 is 4.57 Å². The summed E-state index contributed by atoms with van der Waals surface area (Å²) in [5, 5.41) is 0. The Morgan fingerprint density at radius 3 is 2.24 bits per heavy atom. The van der Waals surface area contributed by atoms with Gasteiger partial charge in [0.1, 0.15) is 0 Å². The van der Waals surface area contributed by atoms with Crippen LogP contribution in [0.2, 0.25) is 0 Å². The van der Waals surface area contributed by atoms with Gasteiger partial charge in [0.2, 0.25) is 5.91 Å². The van der Waals surface area contributed by atoms with Crippen LogP contribution in [-0.2, 0) is 22.1 Å². The first-order valence-electron chi connectivity index (χ1n) is 8.14. The number of imidazole rings is 1. The molecule has 0 aliphatic carbocycles. The van der Waals surface area contributed by atoms with E-state index in [9.17, 15) is 9.00 Å². The van der Waals surface area contributed by atoms with Gasteiger partial charge in [-0.2, -0.15) is 0 Å². The summed E-state index contributed by atoms with van der Waals surface area (Å²) in [6.07, 6.45) is 6.50. The second-order valence-corrected chi connectivity index (χ2v) is 7.25. The van der Waals surface area contributed by atoms with Crippen LogP contribution < -0.4 is 4.90 Å². The Bertz CT molecular complexity index is 888. The molecule has 0 N–H and O–H groups in total. The van der Waals surface area contributed by atoms with Gasteiger partial charge in [-0.15, -0.1) is 0 Å². The Kier molecular flexibility index (Phi) is 4.19. The number of nitrogens with zero attached hydrogens (tertiary/aromatic N) is 3. The number of carbonyl (C=O) groups excluding carboxylic acids is 1. The predicted octanol–water partition coefficient (Wildman–Crippen LogP) is 3.51. The molecular formula is C19H17N3O2S. The van der Waals surface area contributed by atoms with Gasteiger partial charge in [-0.05, 0) is 30.7 Å². The van der Waals surface area contributed by atoms with Crippen LogP contribution in [0.15, 0.2) is 77.0 Å². The summed E-state index contributed by atoms with van der Waals surface area (Å²) in [6.45, 7) is 0.745. The lowest BCUT2D eigenvalue weighted by molar-refractivity contribution is -0.118. The fraction of sp³-hybridized carbons (Fsp3) is 0.158. The van der Waals surface area contributed by atoms with Crippen molar-refractivity contribution < 1.29 is 9.00 Å². The zero-order chi connectivity index (χ0) is 17.2. The topological polar surface area (TPSA) is 55.2 Å². The van der Waals surface area contributed by atoms with Crippen LogP contribution in [0.5, 0.6) is 0 Å². The summed E-state index contributed by atoms with van der Waals surface area (Å²) >= 11 is 0. The molecule has 0 bridgehead atoms. The van der Waals surface area contributed by atoms with E-state index in [0.29, 0.717) is 27.6 Å². The van der Waals surface area contributed by atoms with Gasteiger partial charge in [0.05, 0.1) is 38.3 Å². The fourth-order valence-corrected chi connectivity index (χ4v) is 4.40. The minimum absolute atomic E-state index is 0.0108. The van der Waals surface area contributed by atoms with E-state index in [-0.39, 0.29) is 5.91 Å². The second-order valence-electron chi connectivity index (χ2n) is 5.84. The Hall–Kier alpha value is -2.73. The van der Waals surface area contributed by atoms with Gasteiger partial charge in [-0.1, -0.05) is 24.3 Å². The van der Waals surface area contributed by atoms with E-state index in [1.54, 1.807) is 17.4 Å². The van der Waals surface area contributed by atoms with Crippen LogP contribution in [0.25, 0.3) is 0 Å². The molecule has 0 atom stereocenters. The van der Waals surface area contributed by atoms with Crippen LogP contribution in [0.3, 0.4) is 0 Å². The van der Waals surface area contributed by atoms with Crippen LogP contribution in [0.4, 0.5) is 11.4 Å². The molecule has 1 aromatic heterocycles. The highest BCUT2D eigenvalue weighted by Gasteiger charge is 2.31. The minimum Gasteiger partial charge on any atom is -0.337 e. The third-order valence-corrected chi connectivity index (χ3v) is 5.72. The lowest BCUT2D eigenvalue weighted by atomic mass is 10.2. The highest BCUT2D eigenvalue weighted by atomic mass is 32.2. The zero-order valence-electron chi connectivity index (χ0n) is 13.5. The number of fused-ring (bicyclic) bond motifs is 2. The Labute approximate surface area is 148 Å². The molecule has 0 spiro atoms. The largest absolute Gasteiger partial charge is 0.337 e. The first-order chi connectivity index (χ1) is 12.3. The van der Waals surface area contributed by atoms with Crippen LogP contribution in [0, 0.1) is 0 Å². The van der Waals surface area contributed by atoms with E-state index in [4.69, 9.17) is 0 Å². The third kappa shape index (κ3) is 2.89. The predicted molar refractivity (Wildman–Crippen MR) is 96.2 cm³/mol. The second kappa shape index (κ2) is 6.64. The lowest BCUT2D eigenvalue weighted by Gasteiger charge is -2.31. The molecule has 1 aliphatic rings. The standard InChI is InChI=1S/C19H17N3O2S/c23-19(10-5-12-21-13-11-20-14-21)22-15-6-1-3-8-17(15)25(24)18-9-4-2-7-16(18)22/h1-4,6-9,11,13-14H,5,10,12H2. The van der Waals surface area contributed by atoms with Gasteiger partial charge in [-0.3, -0.25) is 9.69 Å². The van der Waals surface area contributed by atoms with E-state index in [1.807, 2.05) is 59.3 Å². The molecule has 5 nitrogen and oxygen atoms in total. The smallest absolute Gasteiger partial charge is 0.231 e. The van der Waals surface area contributed by atoms with Crippen molar-refractivity contribution in [3.05, 3.63) is 67.3 Å². The molecule has 0 fully saturated rings. The zero-order valence-corrected chi connectivity index (χ0v) is 14.4. The third-order valence-electron chi connectivity index (χ3n) is 4.23. The van der Waals surface area contributed by atoms with Gasteiger partial charge in [0.15, 0.2) is 0 Å². The van der Waals surface area contributed by atoms with Crippen molar-refractivity contribution in [1.82, 2.24) is 9.55 Å². The summed E-state index contributed by atoms with van der Waals surface area (Å²) in [4.78, 5) is 20.0. The molecule has 6 heteroatoms. The van der Waals surface area contributed by atoms with Crippen LogP contribution in [-0.4, -0.2) is 19.7 Å². The van der Waals surface area contributed by atoms with Gasteiger partial charge in [0.25, 0.3) is 0 Å². The number of carbonyl (C=O) groups is 1. The molecule has 126 valence electrons. The summed E-state index contributed by atoms with van der Waals surface area (Å²) in [5.74, 6) is 0.0108. The van der Waals surface area contributed by atoms with Crippen LogP contribution >= 0.6 is 0 Å². The van der Waals surface area contributed by atoms with Crippen LogP contribution in [0.1, 0.15) is 12.8 Å².